The van der Waals surface area contributed by atoms with Crippen LogP contribution in [0, 0.1) is 0 Å². The highest BCUT2D eigenvalue weighted by Gasteiger charge is 2.29. The third-order valence-corrected chi connectivity index (χ3v) is 5.54. The lowest BCUT2D eigenvalue weighted by Crippen LogP contribution is -2.40. The fraction of sp³-hybridized carbons (Fsp3) is 0.467. The molecule has 138 valence electrons. The van der Waals surface area contributed by atoms with E-state index < -0.39 is 28.4 Å². The van der Waals surface area contributed by atoms with Crippen LogP contribution < -0.4 is 10.1 Å². The maximum Gasteiger partial charge on any atom is 0.322 e. The minimum absolute atomic E-state index is 0.0274. The molecule has 2 N–H and O–H groups in total. The largest absolute Gasteiger partial charge is 0.495 e. The van der Waals surface area contributed by atoms with E-state index in [-0.39, 0.29) is 30.2 Å². The van der Waals surface area contributed by atoms with Gasteiger partial charge in [0, 0.05) is 13.1 Å². The van der Waals surface area contributed by atoms with Crippen LogP contribution in [-0.2, 0) is 30.8 Å². The molecule has 9 nitrogen and oxygen atoms in total. The number of methoxy groups -OCH3 is 1. The number of rotatable bonds is 7. The van der Waals surface area contributed by atoms with Crippen LogP contribution in [0.4, 0.5) is 0 Å². The molecule has 0 bridgehead atoms. The molecule has 1 aliphatic rings. The number of nitrogens with one attached hydrogen (secondary N) is 1. The molecule has 1 heterocycles. The smallest absolute Gasteiger partial charge is 0.322 e. The number of amides is 1. The van der Waals surface area contributed by atoms with Crippen molar-refractivity contribution in [2.45, 2.75) is 11.3 Å². The van der Waals surface area contributed by atoms with Crippen molar-refractivity contribution in [3.8, 4) is 5.75 Å². The van der Waals surface area contributed by atoms with Gasteiger partial charge in [-0.05, 0) is 17.7 Å². The topological polar surface area (TPSA) is 122 Å². The zero-order valence-corrected chi connectivity index (χ0v) is 14.5. The molecule has 1 saturated heterocycles. The Balaban J connectivity index is 2.24. The molecular weight excluding hydrogens is 352 g/mol. The van der Waals surface area contributed by atoms with Gasteiger partial charge in [0.25, 0.3) is 0 Å². The van der Waals surface area contributed by atoms with E-state index in [9.17, 15) is 18.0 Å². The lowest BCUT2D eigenvalue weighted by molar-refractivity contribution is -0.137. The van der Waals surface area contributed by atoms with Crippen molar-refractivity contribution in [1.82, 2.24) is 9.62 Å². The number of hydrogen-bond donors (Lipinski definition) is 2. The first-order valence-corrected chi connectivity index (χ1v) is 9.02. The van der Waals surface area contributed by atoms with Crippen molar-refractivity contribution in [2.24, 2.45) is 0 Å². The van der Waals surface area contributed by atoms with E-state index in [1.165, 1.54) is 23.5 Å². The molecule has 1 fully saturated rings. The minimum Gasteiger partial charge on any atom is -0.495 e. The molecule has 2 rings (SSSR count). The van der Waals surface area contributed by atoms with E-state index >= 15 is 0 Å². The van der Waals surface area contributed by atoms with Gasteiger partial charge in [-0.2, -0.15) is 4.31 Å². The summed E-state index contributed by atoms with van der Waals surface area (Å²) >= 11 is 0. The van der Waals surface area contributed by atoms with E-state index in [2.05, 4.69) is 5.32 Å². The summed E-state index contributed by atoms with van der Waals surface area (Å²) < 4.78 is 37.3. The summed E-state index contributed by atoms with van der Waals surface area (Å²) in [5, 5.41) is 10.8. The van der Waals surface area contributed by atoms with Crippen molar-refractivity contribution < 1.29 is 32.6 Å². The fourth-order valence-corrected chi connectivity index (χ4v) is 3.99. The summed E-state index contributed by atoms with van der Waals surface area (Å²) in [4.78, 5) is 22.2. The zero-order valence-electron chi connectivity index (χ0n) is 13.7. The predicted octanol–water partition coefficient (Wildman–Crippen LogP) is -0.541. The quantitative estimate of drug-likeness (QED) is 0.659. The summed E-state index contributed by atoms with van der Waals surface area (Å²) in [6.07, 6.45) is -0.136. The fourth-order valence-electron chi connectivity index (χ4n) is 2.38. The Bertz CT molecular complexity index is 742. The molecule has 0 spiro atoms. The SMILES string of the molecule is COc1ccc(CC(=O)NCC(=O)O)cc1S(=O)(=O)N1CCOCC1. The normalized spacial score (nSPS) is 15.6. The number of carbonyl (C=O) groups excluding carboxylic acids is 1. The van der Waals surface area contributed by atoms with Crippen molar-refractivity contribution in [1.29, 1.82) is 0 Å². The number of carboxylic acids is 1. The second-order valence-corrected chi connectivity index (χ2v) is 7.26. The third kappa shape index (κ3) is 4.91. The molecule has 1 aromatic carbocycles. The number of benzene rings is 1. The first kappa shape index (κ1) is 19.2. The van der Waals surface area contributed by atoms with Gasteiger partial charge >= 0.3 is 5.97 Å². The van der Waals surface area contributed by atoms with Gasteiger partial charge in [0.15, 0.2) is 0 Å². The lowest BCUT2D eigenvalue weighted by Gasteiger charge is -2.26. The van der Waals surface area contributed by atoms with E-state index in [0.717, 1.165) is 0 Å². The Morgan fingerprint density at radius 1 is 1.32 bits per heavy atom. The molecule has 10 heteroatoms. The maximum atomic E-state index is 12.8. The Hall–Kier alpha value is -2.17. The van der Waals surface area contributed by atoms with Gasteiger partial charge in [-0.3, -0.25) is 9.59 Å². The predicted molar refractivity (Wildman–Crippen MR) is 86.9 cm³/mol. The highest BCUT2D eigenvalue weighted by molar-refractivity contribution is 7.89. The van der Waals surface area contributed by atoms with Crippen LogP contribution in [0.15, 0.2) is 23.1 Å². The monoisotopic (exact) mass is 372 g/mol. The standard InChI is InChI=1S/C15H20N2O7S/c1-23-12-3-2-11(9-14(18)16-10-15(19)20)8-13(12)25(21,22)17-4-6-24-7-5-17/h2-3,8H,4-7,9-10H2,1H3,(H,16,18)(H,19,20). The Labute approximate surface area is 145 Å². The maximum absolute atomic E-state index is 12.8. The first-order chi connectivity index (χ1) is 11.8. The summed E-state index contributed by atoms with van der Waals surface area (Å²) in [6.45, 7) is 0.634. The van der Waals surface area contributed by atoms with Crippen LogP contribution in [0.2, 0.25) is 0 Å². The van der Waals surface area contributed by atoms with Gasteiger partial charge in [-0.1, -0.05) is 6.07 Å². The van der Waals surface area contributed by atoms with Crippen LogP contribution >= 0.6 is 0 Å². The molecule has 1 aromatic rings. The second-order valence-electron chi connectivity index (χ2n) is 5.35. The number of morpholine rings is 1. The Morgan fingerprint density at radius 3 is 2.60 bits per heavy atom. The van der Waals surface area contributed by atoms with E-state index in [1.54, 1.807) is 6.07 Å². The third-order valence-electron chi connectivity index (χ3n) is 3.62. The van der Waals surface area contributed by atoms with Gasteiger partial charge in [0.2, 0.25) is 15.9 Å². The van der Waals surface area contributed by atoms with Crippen molar-refractivity contribution in [3.05, 3.63) is 23.8 Å². The Kier molecular flexibility index (Phi) is 6.34. The van der Waals surface area contributed by atoms with Gasteiger partial charge in [-0.15, -0.1) is 0 Å². The van der Waals surface area contributed by atoms with Gasteiger partial charge in [0.1, 0.15) is 17.2 Å². The molecule has 0 aliphatic carbocycles. The number of carbonyl (C=O) groups is 2. The lowest BCUT2D eigenvalue weighted by atomic mass is 10.1. The first-order valence-electron chi connectivity index (χ1n) is 7.58. The van der Waals surface area contributed by atoms with Crippen molar-refractivity contribution >= 4 is 21.9 Å². The summed E-state index contributed by atoms with van der Waals surface area (Å²) in [5.74, 6) is -1.48. The molecule has 0 aromatic heterocycles. The van der Waals surface area contributed by atoms with Crippen LogP contribution in [0.25, 0.3) is 0 Å². The van der Waals surface area contributed by atoms with Crippen LogP contribution in [0.5, 0.6) is 5.75 Å². The molecular formula is C15H20N2O7S. The number of ether oxygens (including phenoxy) is 2. The molecule has 1 aliphatic heterocycles. The van der Waals surface area contributed by atoms with Crippen LogP contribution in [0.3, 0.4) is 0 Å². The van der Waals surface area contributed by atoms with Crippen LogP contribution in [-0.4, -0.2) is 69.7 Å². The summed E-state index contributed by atoms with van der Waals surface area (Å²) in [5.41, 5.74) is 0.440. The Morgan fingerprint density at radius 2 is 2.00 bits per heavy atom. The molecule has 1 amide bonds. The number of sulfonamides is 1. The highest BCUT2D eigenvalue weighted by Crippen LogP contribution is 2.28. The summed E-state index contributed by atoms with van der Waals surface area (Å²) in [6, 6.07) is 4.43. The molecule has 0 atom stereocenters. The van der Waals surface area contributed by atoms with Crippen LogP contribution in [0.1, 0.15) is 5.56 Å². The number of nitrogens with zero attached hydrogens (tertiary/aromatic N) is 1. The molecule has 25 heavy (non-hydrogen) atoms. The molecule has 0 unspecified atom stereocenters. The van der Waals surface area contributed by atoms with Crippen molar-refractivity contribution in [3.63, 3.8) is 0 Å². The van der Waals surface area contributed by atoms with E-state index in [1.807, 2.05) is 0 Å². The van der Waals surface area contributed by atoms with Gasteiger partial charge < -0.3 is 19.9 Å². The highest BCUT2D eigenvalue weighted by atomic mass is 32.2. The zero-order chi connectivity index (χ0) is 18.4. The molecule has 0 saturated carbocycles. The van der Waals surface area contributed by atoms with Crippen molar-refractivity contribution in [2.75, 3.05) is 40.0 Å². The molecule has 0 radical (unpaired) electrons. The van der Waals surface area contributed by atoms with Gasteiger partial charge in [-0.25, -0.2) is 8.42 Å². The number of hydrogen-bond acceptors (Lipinski definition) is 6. The average Bonchev–Trinajstić information content (AvgIpc) is 2.60. The summed E-state index contributed by atoms with van der Waals surface area (Å²) in [7, 11) is -2.42. The van der Waals surface area contributed by atoms with E-state index in [0.29, 0.717) is 18.8 Å². The van der Waals surface area contributed by atoms with E-state index in [4.69, 9.17) is 14.6 Å². The van der Waals surface area contributed by atoms with Gasteiger partial charge in [0.05, 0.1) is 26.7 Å². The number of aliphatic carboxylic acids is 1. The minimum atomic E-state index is -3.79. The second kappa shape index (κ2) is 8.28. The average molecular weight is 372 g/mol. The number of carboxylic acid groups (broad SMARTS) is 1.